The Morgan fingerprint density at radius 2 is 0.494 bits per heavy atom. The number of hydrogen-bond acceptors (Lipinski definition) is 6. The van der Waals surface area contributed by atoms with E-state index in [9.17, 15) is 14.4 Å². The maximum absolute atomic E-state index is 12.8. The zero-order valence-electron chi connectivity index (χ0n) is 52.6. The first-order chi connectivity index (χ1) is 39.0. The van der Waals surface area contributed by atoms with E-state index >= 15 is 0 Å². The normalized spacial score (nSPS) is 12.5. The highest BCUT2D eigenvalue weighted by Crippen LogP contribution is 2.18. The van der Waals surface area contributed by atoms with E-state index in [0.29, 0.717) is 19.3 Å². The van der Waals surface area contributed by atoms with Gasteiger partial charge in [-0.2, -0.15) is 0 Å². The smallest absolute Gasteiger partial charge is 0.306 e. The van der Waals surface area contributed by atoms with Gasteiger partial charge in [0, 0.05) is 19.3 Å². The molecule has 0 aliphatic rings. The van der Waals surface area contributed by atoms with Gasteiger partial charge in [0.15, 0.2) is 6.10 Å². The summed E-state index contributed by atoms with van der Waals surface area (Å²) in [7, 11) is 0. The fourth-order valence-electron chi connectivity index (χ4n) is 10.1. The van der Waals surface area contributed by atoms with Crippen LogP contribution in [0.15, 0.2) is 72.9 Å². The third-order valence-corrected chi connectivity index (χ3v) is 15.2. The van der Waals surface area contributed by atoms with Crippen LogP contribution in [0.25, 0.3) is 0 Å². The lowest BCUT2D eigenvalue weighted by molar-refractivity contribution is -0.167. The van der Waals surface area contributed by atoms with Crippen LogP contribution in [0.5, 0.6) is 0 Å². The van der Waals surface area contributed by atoms with E-state index in [1.165, 1.54) is 205 Å². The first-order valence-corrected chi connectivity index (χ1v) is 34.4. The van der Waals surface area contributed by atoms with Crippen LogP contribution in [0.4, 0.5) is 0 Å². The van der Waals surface area contributed by atoms with Gasteiger partial charge in [0.05, 0.1) is 0 Å². The number of carbonyl (C=O) groups is 3. The van der Waals surface area contributed by atoms with Crippen LogP contribution in [0.2, 0.25) is 0 Å². The monoisotopic (exact) mass is 1100 g/mol. The van der Waals surface area contributed by atoms with Gasteiger partial charge in [-0.15, -0.1) is 0 Å². The van der Waals surface area contributed by atoms with Crippen molar-refractivity contribution in [3.63, 3.8) is 0 Å². The van der Waals surface area contributed by atoms with Gasteiger partial charge in [-0.05, 0) is 70.6 Å². The van der Waals surface area contributed by atoms with Crippen molar-refractivity contribution in [3.05, 3.63) is 72.9 Å². The summed E-state index contributed by atoms with van der Waals surface area (Å²) >= 11 is 0. The maximum atomic E-state index is 12.8. The molecule has 0 aliphatic carbocycles. The summed E-state index contributed by atoms with van der Waals surface area (Å²) in [5.41, 5.74) is 0. The van der Waals surface area contributed by atoms with Gasteiger partial charge in [0.1, 0.15) is 13.2 Å². The molecule has 0 N–H and O–H groups in total. The van der Waals surface area contributed by atoms with E-state index in [-0.39, 0.29) is 31.1 Å². The lowest BCUT2D eigenvalue weighted by Crippen LogP contribution is -2.30. The molecule has 0 fully saturated rings. The highest BCUT2D eigenvalue weighted by Gasteiger charge is 2.19. The number of carbonyl (C=O) groups excluding carboxylic acids is 3. The van der Waals surface area contributed by atoms with Gasteiger partial charge in [0.25, 0.3) is 0 Å². The largest absolute Gasteiger partial charge is 0.462 e. The fraction of sp³-hybridized carbons (Fsp3) is 0.795. The molecule has 79 heavy (non-hydrogen) atoms. The van der Waals surface area contributed by atoms with Gasteiger partial charge >= 0.3 is 17.9 Å². The Hall–Kier alpha value is -3.15. The van der Waals surface area contributed by atoms with Crippen LogP contribution in [-0.4, -0.2) is 37.2 Å². The van der Waals surface area contributed by atoms with E-state index < -0.39 is 6.10 Å². The lowest BCUT2D eigenvalue weighted by Gasteiger charge is -2.18. The SMILES string of the molecule is CC/C=C\C/C=C\C/C=C\C/C=C\C/C=C\C/C=C\CCCCCCC(=O)OC(COC(=O)CCCCCCCC)COC(=O)CCCCCCCCCCCCCCCCCCCCCCCCCCCCCCCCCC. The number of hydrogen-bond donors (Lipinski definition) is 0. The van der Waals surface area contributed by atoms with Gasteiger partial charge in [-0.1, -0.05) is 338 Å². The van der Waals surface area contributed by atoms with Crippen LogP contribution in [-0.2, 0) is 28.6 Å². The topological polar surface area (TPSA) is 78.9 Å². The second-order valence-corrected chi connectivity index (χ2v) is 23.1. The molecule has 6 nitrogen and oxygen atoms in total. The molecule has 458 valence electrons. The Bertz CT molecular complexity index is 1450. The molecule has 0 saturated carbocycles. The van der Waals surface area contributed by atoms with E-state index in [1.54, 1.807) is 0 Å². The molecule has 0 aromatic carbocycles. The summed E-state index contributed by atoms with van der Waals surface area (Å²) in [6, 6.07) is 0. The Kier molecular flexibility index (Phi) is 64.7. The minimum Gasteiger partial charge on any atom is -0.462 e. The predicted octanol–water partition coefficient (Wildman–Crippen LogP) is 23.7. The number of ether oxygens (including phenoxy) is 3. The first kappa shape index (κ1) is 75.8. The molecular formula is C73H130O6. The van der Waals surface area contributed by atoms with Crippen molar-refractivity contribution in [1.82, 2.24) is 0 Å². The number of unbranched alkanes of at least 4 members (excludes halogenated alkanes) is 40. The van der Waals surface area contributed by atoms with Crippen LogP contribution in [0.1, 0.15) is 355 Å². The van der Waals surface area contributed by atoms with Crippen molar-refractivity contribution < 1.29 is 28.6 Å². The summed E-state index contributed by atoms with van der Waals surface area (Å²) < 4.78 is 16.8. The molecule has 0 bridgehead atoms. The van der Waals surface area contributed by atoms with Crippen LogP contribution >= 0.6 is 0 Å². The average Bonchev–Trinajstić information content (AvgIpc) is 3.45. The Labute approximate surface area is 491 Å². The van der Waals surface area contributed by atoms with Crippen LogP contribution in [0.3, 0.4) is 0 Å². The average molecular weight is 1100 g/mol. The summed E-state index contributed by atoms with van der Waals surface area (Å²) in [5.74, 6) is -0.903. The standard InChI is InChI=1S/C73H130O6/c1-4-7-10-13-16-18-20-22-24-26-28-30-32-33-34-35-36-37-38-39-40-42-43-45-47-49-51-53-55-57-60-63-66-72(75)78-69-70(68-77-71(74)65-62-59-15-12-9-6-3)79-73(76)67-64-61-58-56-54-52-50-48-46-44-41-31-29-27-25-23-21-19-17-14-11-8-5-2/h8,11,17,19,23,25,29,31,44,46,50,52,70H,4-7,9-10,12-16,18,20-22,24,26-28,30,32-43,45,47-49,51,53-69H2,1-3H3/b11-8-,19-17-,25-23-,31-29-,46-44-,52-50-. The van der Waals surface area contributed by atoms with E-state index in [0.717, 1.165) is 109 Å². The molecule has 0 heterocycles. The first-order valence-electron chi connectivity index (χ1n) is 34.4. The van der Waals surface area contributed by atoms with Crippen molar-refractivity contribution in [2.24, 2.45) is 0 Å². The molecule has 0 aromatic rings. The van der Waals surface area contributed by atoms with Crippen LogP contribution in [0, 0.1) is 0 Å². The van der Waals surface area contributed by atoms with Gasteiger partial charge in [0.2, 0.25) is 0 Å². The van der Waals surface area contributed by atoms with Crippen molar-refractivity contribution >= 4 is 17.9 Å². The van der Waals surface area contributed by atoms with Crippen molar-refractivity contribution in [1.29, 1.82) is 0 Å². The summed E-state index contributed by atoms with van der Waals surface area (Å²) in [6.45, 7) is 6.49. The molecule has 0 amide bonds. The molecule has 1 atom stereocenters. The number of esters is 3. The molecular weight excluding hydrogens is 973 g/mol. The minimum atomic E-state index is -0.786. The number of allylic oxidation sites excluding steroid dienone is 12. The third-order valence-electron chi connectivity index (χ3n) is 15.2. The zero-order valence-corrected chi connectivity index (χ0v) is 52.6. The molecule has 0 aromatic heterocycles. The maximum Gasteiger partial charge on any atom is 0.306 e. The van der Waals surface area contributed by atoms with Gasteiger partial charge in [-0.25, -0.2) is 0 Å². The summed E-state index contributed by atoms with van der Waals surface area (Å²) in [4.78, 5) is 38.0. The van der Waals surface area contributed by atoms with Crippen molar-refractivity contribution in [2.75, 3.05) is 13.2 Å². The summed E-state index contributed by atoms with van der Waals surface area (Å²) in [6.07, 6.45) is 88.4. The highest BCUT2D eigenvalue weighted by molar-refractivity contribution is 5.71. The van der Waals surface area contributed by atoms with E-state index in [2.05, 4.69) is 93.7 Å². The number of rotatable bonds is 63. The third kappa shape index (κ3) is 65.5. The van der Waals surface area contributed by atoms with Gasteiger partial charge in [-0.3, -0.25) is 14.4 Å². The molecule has 0 radical (unpaired) electrons. The molecule has 0 rings (SSSR count). The Morgan fingerprint density at radius 1 is 0.266 bits per heavy atom. The Balaban J connectivity index is 4.01. The second-order valence-electron chi connectivity index (χ2n) is 23.1. The fourth-order valence-corrected chi connectivity index (χ4v) is 10.1. The second kappa shape index (κ2) is 67.4. The van der Waals surface area contributed by atoms with E-state index in [4.69, 9.17) is 14.2 Å². The highest BCUT2D eigenvalue weighted by atomic mass is 16.6. The quantitative estimate of drug-likeness (QED) is 0.0261. The molecule has 0 aliphatic heterocycles. The van der Waals surface area contributed by atoms with Crippen molar-refractivity contribution in [3.8, 4) is 0 Å². The molecule has 0 spiro atoms. The zero-order chi connectivity index (χ0) is 57.1. The molecule has 0 saturated heterocycles. The lowest BCUT2D eigenvalue weighted by atomic mass is 10.0. The van der Waals surface area contributed by atoms with Crippen molar-refractivity contribution in [2.45, 2.75) is 361 Å². The molecule has 1 unspecified atom stereocenters. The van der Waals surface area contributed by atoms with Gasteiger partial charge < -0.3 is 14.2 Å². The predicted molar refractivity (Wildman–Crippen MR) is 344 cm³/mol. The van der Waals surface area contributed by atoms with Crippen LogP contribution < -0.4 is 0 Å². The minimum absolute atomic E-state index is 0.0829. The van der Waals surface area contributed by atoms with E-state index in [1.807, 2.05) is 0 Å². The Morgan fingerprint density at radius 3 is 0.772 bits per heavy atom. The molecule has 6 heteroatoms. The summed E-state index contributed by atoms with van der Waals surface area (Å²) in [5, 5.41) is 0.